The van der Waals surface area contributed by atoms with E-state index in [1.54, 1.807) is 61.5 Å². The Morgan fingerprint density at radius 3 is 1.58 bits per heavy atom. The highest BCUT2D eigenvalue weighted by Gasteiger charge is 2.46. The summed E-state index contributed by atoms with van der Waals surface area (Å²) < 4.78 is 118. The molecule has 7 rings (SSSR count). The summed E-state index contributed by atoms with van der Waals surface area (Å²) in [5, 5.41) is 12.9. The van der Waals surface area contributed by atoms with Crippen molar-refractivity contribution in [3.05, 3.63) is 163 Å². The van der Waals surface area contributed by atoms with Gasteiger partial charge in [0.2, 0.25) is 11.9 Å². The van der Waals surface area contributed by atoms with Gasteiger partial charge in [0.1, 0.15) is 11.5 Å². The summed E-state index contributed by atoms with van der Waals surface area (Å²) in [6, 6.07) is 15.4. The van der Waals surface area contributed by atoms with E-state index in [2.05, 4.69) is 20.3 Å². The largest absolute Gasteiger partial charge is 0.433 e. The molecule has 0 aliphatic carbocycles. The van der Waals surface area contributed by atoms with Gasteiger partial charge in [0, 0.05) is 37.7 Å². The third-order valence-corrected chi connectivity index (χ3v) is 12.2. The van der Waals surface area contributed by atoms with E-state index in [-0.39, 0.29) is 90.1 Å². The van der Waals surface area contributed by atoms with Gasteiger partial charge >= 0.3 is 18.5 Å². The maximum Gasteiger partial charge on any atom is 0.433 e. The highest BCUT2D eigenvalue weighted by Crippen LogP contribution is 2.36. The Balaban J connectivity index is 0.000000193. The molecule has 0 saturated carbocycles. The number of anilines is 1. The van der Waals surface area contributed by atoms with E-state index < -0.39 is 52.6 Å². The molecule has 27 heteroatoms. The van der Waals surface area contributed by atoms with Crippen LogP contribution in [0.1, 0.15) is 40.8 Å². The summed E-state index contributed by atoms with van der Waals surface area (Å²) in [5.41, 5.74) is -3.68. The number of benzene rings is 3. The van der Waals surface area contributed by atoms with Gasteiger partial charge in [0.25, 0.3) is 17.0 Å². The van der Waals surface area contributed by atoms with Gasteiger partial charge in [-0.05, 0) is 34.9 Å². The van der Waals surface area contributed by atoms with Crippen LogP contribution in [0.4, 0.5) is 45.5 Å². The molecule has 12 nitrogen and oxygen atoms in total. The minimum absolute atomic E-state index is 0.00476. The van der Waals surface area contributed by atoms with E-state index in [4.69, 9.17) is 74.7 Å². The van der Waals surface area contributed by atoms with Crippen molar-refractivity contribution < 1.29 is 49.4 Å². The van der Waals surface area contributed by atoms with Crippen LogP contribution in [0.25, 0.3) is 0 Å². The summed E-state index contributed by atoms with van der Waals surface area (Å²) in [6.45, 7) is 1.35. The zero-order chi connectivity index (χ0) is 51.2. The van der Waals surface area contributed by atoms with Crippen molar-refractivity contribution in [2.75, 3.05) is 31.6 Å². The molecule has 0 fully saturated rings. The monoisotopic (exact) mass is 1090 g/mol. The average molecular weight is 1100 g/mol. The summed E-state index contributed by atoms with van der Waals surface area (Å²) >= 11 is 35.9. The van der Waals surface area contributed by atoms with Gasteiger partial charge < -0.3 is 15.3 Å². The van der Waals surface area contributed by atoms with Gasteiger partial charge in [-0.15, -0.1) is 0 Å². The first-order valence-corrected chi connectivity index (χ1v) is 22.0. The lowest BCUT2D eigenvalue weighted by Crippen LogP contribution is -2.50. The number of hydrogen-bond acceptors (Lipinski definition) is 9. The van der Waals surface area contributed by atoms with Gasteiger partial charge in [-0.3, -0.25) is 33.4 Å². The van der Waals surface area contributed by atoms with Crippen molar-refractivity contribution in [1.82, 2.24) is 28.9 Å². The number of nitrogens with zero attached hydrogens (tertiary/aromatic N) is 7. The van der Waals surface area contributed by atoms with Crippen LogP contribution in [0.2, 0.25) is 30.1 Å². The van der Waals surface area contributed by atoms with Crippen LogP contribution in [0.3, 0.4) is 0 Å². The Morgan fingerprint density at radius 1 is 0.652 bits per heavy atom. The van der Waals surface area contributed by atoms with Crippen molar-refractivity contribution in [2.24, 2.45) is 4.99 Å². The van der Waals surface area contributed by atoms with Crippen molar-refractivity contribution in [3.8, 4) is 0 Å². The second-order valence-electron chi connectivity index (χ2n) is 14.3. The van der Waals surface area contributed by atoms with Crippen LogP contribution >= 0.6 is 69.6 Å². The van der Waals surface area contributed by atoms with E-state index in [9.17, 15) is 53.9 Å². The predicted molar refractivity (Wildman–Crippen MR) is 243 cm³/mol. The SMILES string of the molecule is CCc1nc(C(F)(F)F)cc(=O)n1Cc1cccc(Cl)c1Cl.O=C1C=C(C(F)(F)F)N2CCN=C2N1Cc1cccc(Cl)c1Cl.O=c1cc(C(F)(F)F)nc(NCCO)n1Cc1cccc(Cl)c1Cl. The molecule has 5 aromatic rings. The lowest BCUT2D eigenvalue weighted by Gasteiger charge is -2.35. The van der Waals surface area contributed by atoms with Crippen LogP contribution in [0.5, 0.6) is 0 Å². The number of aliphatic hydroxyl groups is 1. The van der Waals surface area contributed by atoms with E-state index in [0.717, 1.165) is 14.0 Å². The highest BCUT2D eigenvalue weighted by molar-refractivity contribution is 6.43. The molecule has 370 valence electrons. The van der Waals surface area contributed by atoms with Gasteiger partial charge in [-0.1, -0.05) is 113 Å². The van der Waals surface area contributed by atoms with Crippen molar-refractivity contribution >= 4 is 87.4 Å². The number of aryl methyl sites for hydroxylation is 1. The number of guanidine groups is 1. The van der Waals surface area contributed by atoms with E-state index in [0.29, 0.717) is 44.9 Å². The minimum atomic E-state index is -4.76. The van der Waals surface area contributed by atoms with E-state index >= 15 is 0 Å². The summed E-state index contributed by atoms with van der Waals surface area (Å²) in [4.78, 5) is 49.5. The Hall–Kier alpha value is -5.03. The molecule has 2 N–H and O–H groups in total. The molecule has 3 aromatic carbocycles. The van der Waals surface area contributed by atoms with E-state index in [1.165, 1.54) is 4.90 Å². The molecular formula is C42H33Cl6F9N8O4. The molecular weight excluding hydrogens is 1060 g/mol. The lowest BCUT2D eigenvalue weighted by molar-refractivity contribution is -0.142. The Kier molecular flexibility index (Phi) is 18.1. The molecule has 2 aliphatic rings. The average Bonchev–Trinajstić information content (AvgIpc) is 3.76. The fourth-order valence-corrected chi connectivity index (χ4v) is 7.56. The standard InChI is InChI=1S/C14H12Cl2F3N3O2.C14H10Cl2F3N3O.C14H11Cl2F3N2O/c15-9-3-1-2-8(12(9)16)7-22-11(24)6-10(14(17,18)19)21-13(22)20-4-5-23;15-9-3-1-2-8(12(9)16)7-22-11(23)6-10(14(17,18)19)21-5-4-20-13(21)22;1-2-11-20-10(14(17,18)19)6-12(22)21(11)7-8-4-3-5-9(15)13(8)16/h1-3,6,23H,4-5,7H2,(H,20,21);1-3,6H,4-5,7H2;3-6H,2,7H2,1H3. The van der Waals surface area contributed by atoms with Gasteiger partial charge in [0.15, 0.2) is 11.4 Å². The number of aliphatic imine (C=N–C) groups is 1. The van der Waals surface area contributed by atoms with Crippen LogP contribution in [0.15, 0.2) is 93.1 Å². The third-order valence-electron chi connectivity index (χ3n) is 9.63. The molecule has 4 heterocycles. The quantitative estimate of drug-likeness (QED) is 0.132. The molecule has 2 aliphatic heterocycles. The Labute approximate surface area is 415 Å². The number of carbonyl (C=O) groups excluding carboxylic acids is 1. The first kappa shape index (κ1) is 54.9. The number of aromatic nitrogens is 4. The number of nitrogens with one attached hydrogen (secondary N) is 1. The molecule has 0 saturated heterocycles. The Morgan fingerprint density at radius 2 is 1.12 bits per heavy atom. The Bertz CT molecular complexity index is 2890. The summed E-state index contributed by atoms with van der Waals surface area (Å²) in [5.74, 6) is -1.08. The lowest BCUT2D eigenvalue weighted by atomic mass is 10.2. The second kappa shape index (κ2) is 22.8. The smallest absolute Gasteiger partial charge is 0.395 e. The van der Waals surface area contributed by atoms with Crippen molar-refractivity contribution in [1.29, 1.82) is 0 Å². The molecule has 2 aromatic heterocycles. The fourth-order valence-electron chi connectivity index (χ4n) is 6.42. The number of hydrogen-bond donors (Lipinski definition) is 2. The molecule has 0 unspecified atom stereocenters. The zero-order valence-electron chi connectivity index (χ0n) is 35.1. The fraction of sp³-hybridized carbons (Fsp3) is 0.286. The number of rotatable bonds is 10. The number of alkyl halides is 9. The first-order valence-electron chi connectivity index (χ1n) is 19.7. The molecule has 0 atom stereocenters. The van der Waals surface area contributed by atoms with Gasteiger partial charge in [-0.2, -0.15) is 39.5 Å². The highest BCUT2D eigenvalue weighted by atomic mass is 35.5. The second-order valence-corrected chi connectivity index (χ2v) is 16.7. The molecule has 0 spiro atoms. The molecule has 0 radical (unpaired) electrons. The molecule has 69 heavy (non-hydrogen) atoms. The number of aliphatic hydroxyl groups excluding tert-OH is 1. The normalized spacial score (nSPS) is 13.8. The van der Waals surface area contributed by atoms with E-state index in [1.807, 2.05) is 0 Å². The maximum atomic E-state index is 13.0. The van der Waals surface area contributed by atoms with Crippen LogP contribution in [-0.4, -0.2) is 78.3 Å². The zero-order valence-corrected chi connectivity index (χ0v) is 39.6. The topological polar surface area (TPSA) is 138 Å². The summed E-state index contributed by atoms with van der Waals surface area (Å²) in [6.07, 6.45) is -13.3. The van der Waals surface area contributed by atoms with Gasteiger partial charge in [0.05, 0.1) is 62.9 Å². The number of fused-ring (bicyclic) bond motifs is 1. The van der Waals surface area contributed by atoms with Gasteiger partial charge in [-0.25, -0.2) is 9.97 Å². The first-order chi connectivity index (χ1) is 32.3. The third kappa shape index (κ3) is 13.6. The molecule has 1 amide bonds. The van der Waals surface area contributed by atoms with Crippen LogP contribution < -0.4 is 16.4 Å². The minimum Gasteiger partial charge on any atom is -0.395 e. The number of amides is 1. The van der Waals surface area contributed by atoms with Crippen molar-refractivity contribution in [2.45, 2.75) is 51.5 Å². The molecule has 0 bridgehead atoms. The number of carbonyl (C=O) groups is 1. The van der Waals surface area contributed by atoms with Crippen LogP contribution in [-0.2, 0) is 43.2 Å². The number of allylic oxidation sites excluding steroid dienone is 1. The maximum absolute atomic E-state index is 13.0. The van der Waals surface area contributed by atoms with Crippen LogP contribution in [0, 0.1) is 0 Å². The summed E-state index contributed by atoms with van der Waals surface area (Å²) in [7, 11) is 0. The predicted octanol–water partition coefficient (Wildman–Crippen LogP) is 10.7. The number of halogens is 15. The van der Waals surface area contributed by atoms with Crippen molar-refractivity contribution in [3.63, 3.8) is 0 Å².